The van der Waals surface area contributed by atoms with Gasteiger partial charge in [-0.05, 0) is 29.8 Å². The van der Waals surface area contributed by atoms with E-state index in [4.69, 9.17) is 29.4 Å². The minimum Gasteiger partial charge on any atom is -0.493 e. The molecule has 2 aliphatic rings. The number of methoxy groups -OCH3 is 3. The van der Waals surface area contributed by atoms with Crippen molar-refractivity contribution in [1.82, 2.24) is 0 Å². The number of hydrogen-bond acceptors (Lipinski definition) is 7. The first-order valence-corrected chi connectivity index (χ1v) is 8.95. The molecule has 7 nitrogen and oxygen atoms in total. The van der Waals surface area contributed by atoms with E-state index in [1.165, 1.54) is 7.11 Å². The molecule has 0 radical (unpaired) electrons. The Balaban J connectivity index is 1.99. The number of para-hydroxylation sites is 1. The fourth-order valence-electron chi connectivity index (χ4n) is 3.64. The molecule has 2 aromatic rings. The van der Waals surface area contributed by atoms with Crippen LogP contribution in [-0.4, -0.2) is 34.2 Å². The molecule has 0 spiro atoms. The molecule has 7 heteroatoms. The van der Waals surface area contributed by atoms with E-state index in [0.29, 0.717) is 45.5 Å². The van der Waals surface area contributed by atoms with E-state index in [1.54, 1.807) is 26.4 Å². The van der Waals surface area contributed by atoms with Crippen LogP contribution in [0.2, 0.25) is 0 Å². The second kappa shape index (κ2) is 7.41. The van der Waals surface area contributed by atoms with Gasteiger partial charge in [0.1, 0.15) is 24.2 Å². The first-order chi connectivity index (χ1) is 14.1. The Labute approximate surface area is 168 Å². The van der Waals surface area contributed by atoms with Gasteiger partial charge in [0.05, 0.1) is 32.5 Å². The Morgan fingerprint density at radius 1 is 1.07 bits per heavy atom. The highest BCUT2D eigenvalue weighted by molar-refractivity contribution is 5.95. The summed E-state index contributed by atoms with van der Waals surface area (Å²) in [5, 5.41) is 9.81. The van der Waals surface area contributed by atoms with E-state index in [2.05, 4.69) is 6.07 Å². The predicted octanol–water partition coefficient (Wildman–Crippen LogP) is 3.11. The first kappa shape index (κ1) is 18.7. The monoisotopic (exact) mass is 392 g/mol. The highest BCUT2D eigenvalue weighted by atomic mass is 16.5. The molecule has 0 saturated carbocycles. The summed E-state index contributed by atoms with van der Waals surface area (Å²) < 4.78 is 28.2. The van der Waals surface area contributed by atoms with E-state index in [-0.39, 0.29) is 6.61 Å². The molecule has 0 amide bonds. The van der Waals surface area contributed by atoms with Crippen LogP contribution in [0.3, 0.4) is 0 Å². The van der Waals surface area contributed by atoms with Crippen molar-refractivity contribution in [3.05, 3.63) is 58.7 Å². The number of nitrogens with zero attached hydrogens (tertiary/aromatic N) is 1. The zero-order valence-electron chi connectivity index (χ0n) is 16.3. The van der Waals surface area contributed by atoms with Gasteiger partial charge in [0, 0.05) is 11.1 Å². The van der Waals surface area contributed by atoms with Crippen molar-refractivity contribution in [2.45, 2.75) is 6.23 Å². The number of benzene rings is 2. The van der Waals surface area contributed by atoms with Gasteiger partial charge in [0.25, 0.3) is 0 Å². The Morgan fingerprint density at radius 3 is 2.38 bits per heavy atom. The maximum atomic E-state index is 9.81. The second-order valence-corrected chi connectivity index (χ2v) is 6.45. The van der Waals surface area contributed by atoms with Crippen LogP contribution in [0.4, 0.5) is 0 Å². The third-order valence-corrected chi connectivity index (χ3v) is 4.95. The molecule has 0 bridgehead atoms. The molecule has 2 aromatic carbocycles. The summed E-state index contributed by atoms with van der Waals surface area (Å²) in [6.07, 6.45) is -0.904. The molecule has 2 aliphatic heterocycles. The number of nitriles is 1. The van der Waals surface area contributed by atoms with E-state index in [0.717, 1.165) is 11.1 Å². The average molecular weight is 392 g/mol. The average Bonchev–Trinajstić information content (AvgIpc) is 2.76. The van der Waals surface area contributed by atoms with Crippen LogP contribution < -0.4 is 24.7 Å². The summed E-state index contributed by atoms with van der Waals surface area (Å²) in [7, 11) is 4.62. The molecule has 29 heavy (non-hydrogen) atoms. The van der Waals surface area contributed by atoms with Crippen LogP contribution in [-0.2, 0) is 4.74 Å². The van der Waals surface area contributed by atoms with Crippen LogP contribution >= 0.6 is 0 Å². The van der Waals surface area contributed by atoms with E-state index >= 15 is 0 Å². The topological polar surface area (TPSA) is 96.0 Å². The minimum atomic E-state index is -0.904. The zero-order chi connectivity index (χ0) is 20.5. The molecule has 0 aromatic heterocycles. The van der Waals surface area contributed by atoms with Gasteiger partial charge in [-0.3, -0.25) is 5.73 Å². The quantitative estimate of drug-likeness (QED) is 0.854. The molecule has 0 saturated heterocycles. The van der Waals surface area contributed by atoms with Gasteiger partial charge in [-0.2, -0.15) is 5.26 Å². The fraction of sp³-hybridized carbons (Fsp3) is 0.227. The highest BCUT2D eigenvalue weighted by Crippen LogP contribution is 2.47. The third-order valence-electron chi connectivity index (χ3n) is 4.95. The molecule has 2 N–H and O–H groups in total. The maximum Gasteiger partial charge on any atom is 0.203 e. The van der Waals surface area contributed by atoms with Crippen LogP contribution in [0.1, 0.15) is 11.1 Å². The van der Waals surface area contributed by atoms with Gasteiger partial charge >= 0.3 is 0 Å². The van der Waals surface area contributed by atoms with Crippen molar-refractivity contribution in [2.24, 2.45) is 5.73 Å². The van der Waals surface area contributed by atoms with Crippen molar-refractivity contribution in [2.75, 3.05) is 27.9 Å². The lowest BCUT2D eigenvalue weighted by molar-refractivity contribution is 0.197. The number of hydrogen-bond donors (Lipinski definition) is 1. The third kappa shape index (κ3) is 2.94. The zero-order valence-corrected chi connectivity index (χ0v) is 16.3. The van der Waals surface area contributed by atoms with Crippen molar-refractivity contribution in [3.8, 4) is 29.1 Å². The Kier molecular flexibility index (Phi) is 4.79. The summed E-state index contributed by atoms with van der Waals surface area (Å²) in [4.78, 5) is 0. The summed E-state index contributed by atoms with van der Waals surface area (Å²) in [6.45, 7) is 0.246. The smallest absolute Gasteiger partial charge is 0.203 e. The van der Waals surface area contributed by atoms with Crippen LogP contribution in [0.5, 0.6) is 23.0 Å². The fourth-order valence-corrected chi connectivity index (χ4v) is 3.64. The Bertz CT molecular complexity index is 1060. The van der Waals surface area contributed by atoms with Crippen molar-refractivity contribution in [3.63, 3.8) is 0 Å². The summed E-state index contributed by atoms with van der Waals surface area (Å²) in [6, 6.07) is 13.3. The number of rotatable bonds is 4. The molecule has 0 aliphatic carbocycles. The van der Waals surface area contributed by atoms with Gasteiger partial charge in [-0.25, -0.2) is 0 Å². The van der Waals surface area contributed by atoms with E-state index < -0.39 is 6.23 Å². The lowest BCUT2D eigenvalue weighted by atomic mass is 9.87. The lowest BCUT2D eigenvalue weighted by Gasteiger charge is -2.32. The highest BCUT2D eigenvalue weighted by Gasteiger charge is 2.35. The van der Waals surface area contributed by atoms with Gasteiger partial charge in [-0.1, -0.05) is 12.1 Å². The van der Waals surface area contributed by atoms with E-state index in [1.807, 2.05) is 24.3 Å². The molecule has 0 fully saturated rings. The Hall–Kier alpha value is -3.63. The normalized spacial score (nSPS) is 17.4. The van der Waals surface area contributed by atoms with Gasteiger partial charge in [0.15, 0.2) is 17.7 Å². The first-order valence-electron chi connectivity index (χ1n) is 8.95. The number of ether oxygens (including phenoxy) is 5. The van der Waals surface area contributed by atoms with Gasteiger partial charge in [0.2, 0.25) is 5.75 Å². The maximum absolute atomic E-state index is 9.81. The van der Waals surface area contributed by atoms with Crippen molar-refractivity contribution >= 4 is 11.3 Å². The molecular weight excluding hydrogens is 372 g/mol. The molecule has 2 heterocycles. The number of fused-ring (bicyclic) bond motifs is 2. The Morgan fingerprint density at radius 2 is 1.76 bits per heavy atom. The predicted molar refractivity (Wildman–Crippen MR) is 107 cm³/mol. The largest absolute Gasteiger partial charge is 0.493 e. The standard InChI is InChI=1S/C22H20N2O5/c1-25-17-8-12(9-18(26-2)21(17)27-3)19-14(10-23)22(24)29-20-13-6-4-5-7-16(13)28-11-15(19)20/h4-9,22H,11,24H2,1-3H3. The lowest BCUT2D eigenvalue weighted by Crippen LogP contribution is -2.32. The van der Waals surface area contributed by atoms with E-state index in [9.17, 15) is 5.26 Å². The van der Waals surface area contributed by atoms with Gasteiger partial charge < -0.3 is 23.7 Å². The SMILES string of the molecule is COc1cc(C2=C(C#N)C(N)OC3=C2COc2ccccc23)cc(OC)c1OC. The molecule has 1 atom stereocenters. The second-order valence-electron chi connectivity index (χ2n) is 6.45. The van der Waals surface area contributed by atoms with Crippen molar-refractivity contribution in [1.29, 1.82) is 5.26 Å². The summed E-state index contributed by atoms with van der Waals surface area (Å²) in [5.41, 5.74) is 9.41. The van der Waals surface area contributed by atoms with Crippen molar-refractivity contribution < 1.29 is 23.7 Å². The molecular formula is C22H20N2O5. The number of nitrogens with two attached hydrogens (primary N) is 1. The minimum absolute atomic E-state index is 0.246. The van der Waals surface area contributed by atoms with Crippen LogP contribution in [0, 0.1) is 11.3 Å². The van der Waals surface area contributed by atoms with Crippen LogP contribution in [0.15, 0.2) is 47.5 Å². The van der Waals surface area contributed by atoms with Crippen LogP contribution in [0.25, 0.3) is 11.3 Å². The molecule has 4 rings (SSSR count). The summed E-state index contributed by atoms with van der Waals surface area (Å²) in [5.74, 6) is 2.75. The molecule has 148 valence electrons. The molecule has 1 unspecified atom stereocenters. The summed E-state index contributed by atoms with van der Waals surface area (Å²) >= 11 is 0. The van der Waals surface area contributed by atoms with Gasteiger partial charge in [-0.15, -0.1) is 0 Å².